The summed E-state index contributed by atoms with van der Waals surface area (Å²) in [6.07, 6.45) is 4.42. The van der Waals surface area contributed by atoms with Crippen LogP contribution in [0, 0.1) is 22.7 Å². The monoisotopic (exact) mass is 594 g/mol. The maximum Gasteiger partial charge on any atom is 0.338 e. The Morgan fingerprint density at radius 3 is 2.09 bits per heavy atom. The minimum absolute atomic E-state index is 0.0117. The molecule has 2 fully saturated rings. The van der Waals surface area contributed by atoms with Crippen molar-refractivity contribution in [1.82, 2.24) is 0 Å². The highest BCUT2D eigenvalue weighted by Gasteiger charge is 2.71. The van der Waals surface area contributed by atoms with E-state index in [1.807, 2.05) is 6.92 Å². The zero-order valence-corrected chi connectivity index (χ0v) is 25.8. The van der Waals surface area contributed by atoms with E-state index in [-0.39, 0.29) is 29.6 Å². The third-order valence-corrected chi connectivity index (χ3v) is 9.71. The van der Waals surface area contributed by atoms with Gasteiger partial charge in [-0.2, -0.15) is 0 Å². The smallest absolute Gasteiger partial charge is 0.338 e. The number of phenolic OH excluding ortho intramolecular Hbond substituents is 1. The number of carbonyl (C=O) groups is 4. The second kappa shape index (κ2) is 12.4. The van der Waals surface area contributed by atoms with Crippen molar-refractivity contribution < 1.29 is 43.2 Å². The quantitative estimate of drug-likeness (QED) is 0.177. The van der Waals surface area contributed by atoms with Crippen LogP contribution in [-0.4, -0.2) is 53.4 Å². The maximum atomic E-state index is 13.6. The topological polar surface area (TPSA) is 125 Å². The Morgan fingerprint density at radius 2 is 1.51 bits per heavy atom. The highest BCUT2D eigenvalue weighted by atomic mass is 16.6. The number of phenols is 1. The van der Waals surface area contributed by atoms with Gasteiger partial charge in [-0.15, -0.1) is 0 Å². The molecule has 1 aromatic carbocycles. The first kappa shape index (κ1) is 32.0. The van der Waals surface area contributed by atoms with Crippen LogP contribution in [0.3, 0.4) is 0 Å². The number of aromatic hydroxyl groups is 1. The summed E-state index contributed by atoms with van der Waals surface area (Å²) in [5.41, 5.74) is 0.406. The van der Waals surface area contributed by atoms with Crippen LogP contribution in [0.5, 0.6) is 5.75 Å². The van der Waals surface area contributed by atoms with Gasteiger partial charge in [-0.3, -0.25) is 14.4 Å². The fourth-order valence-corrected chi connectivity index (χ4v) is 7.62. The maximum absolute atomic E-state index is 13.6. The first-order valence-corrected chi connectivity index (χ1v) is 14.7. The predicted molar refractivity (Wildman–Crippen MR) is 158 cm³/mol. The molecule has 0 aliphatic heterocycles. The summed E-state index contributed by atoms with van der Waals surface area (Å²) in [4.78, 5) is 50.7. The van der Waals surface area contributed by atoms with Gasteiger partial charge in [0.15, 0.2) is 0 Å². The summed E-state index contributed by atoms with van der Waals surface area (Å²) in [5.74, 6) is -2.34. The molecule has 0 aromatic heterocycles. The summed E-state index contributed by atoms with van der Waals surface area (Å²) in [7, 11) is 0. The van der Waals surface area contributed by atoms with E-state index in [1.54, 1.807) is 12.2 Å². The van der Waals surface area contributed by atoms with Crippen molar-refractivity contribution in [2.75, 3.05) is 0 Å². The summed E-state index contributed by atoms with van der Waals surface area (Å²) < 4.78 is 24.0. The number of allylic oxidation sites excluding steroid dienone is 3. The number of carbonyl (C=O) groups excluding carboxylic acids is 4. The van der Waals surface area contributed by atoms with Crippen LogP contribution >= 0.6 is 0 Å². The molecule has 3 aliphatic rings. The molecule has 0 heterocycles. The highest BCUT2D eigenvalue weighted by Crippen LogP contribution is 2.68. The predicted octanol–water partition coefficient (Wildman–Crippen LogP) is 5.62. The molecule has 9 nitrogen and oxygen atoms in total. The Morgan fingerprint density at radius 1 is 0.907 bits per heavy atom. The Hall–Kier alpha value is -3.88. The van der Waals surface area contributed by atoms with Crippen LogP contribution < -0.4 is 0 Å². The van der Waals surface area contributed by atoms with E-state index in [0.29, 0.717) is 24.8 Å². The number of hydrogen-bond donors (Lipinski definition) is 1. The van der Waals surface area contributed by atoms with Crippen molar-refractivity contribution in [3.05, 3.63) is 65.8 Å². The molecule has 0 saturated heterocycles. The van der Waals surface area contributed by atoms with Gasteiger partial charge >= 0.3 is 23.9 Å². The number of hydrogen-bond acceptors (Lipinski definition) is 9. The molecule has 1 spiro atoms. The van der Waals surface area contributed by atoms with E-state index in [4.69, 9.17) is 18.9 Å². The number of benzene rings is 1. The lowest BCUT2D eigenvalue weighted by Crippen LogP contribution is -2.63. The minimum atomic E-state index is -1.06. The zero-order valence-electron chi connectivity index (χ0n) is 25.8. The van der Waals surface area contributed by atoms with E-state index in [1.165, 1.54) is 45.0 Å². The lowest BCUT2D eigenvalue weighted by atomic mass is 9.44. The van der Waals surface area contributed by atoms with Crippen molar-refractivity contribution in [1.29, 1.82) is 0 Å². The van der Waals surface area contributed by atoms with E-state index in [2.05, 4.69) is 26.5 Å². The molecule has 4 rings (SSSR count). The molecule has 2 saturated carbocycles. The standard InChI is InChI=1S/C34H42O9/c1-8-19(2)13-14-33(7)20(3)15-30(43-32(39)24-9-11-25(38)12-10-24)34-27(16-26(17-29(33)34)40-21(4)35)28(41-22(5)36)18-31(34)42-23(6)37/h8-13,16,20,26,28-31,38H,1,14-15,17-18H2,2-7H3. The van der Waals surface area contributed by atoms with Gasteiger partial charge in [-0.1, -0.05) is 38.2 Å². The van der Waals surface area contributed by atoms with Gasteiger partial charge in [0.1, 0.15) is 30.2 Å². The molecule has 8 atom stereocenters. The van der Waals surface area contributed by atoms with Crippen LogP contribution in [0.25, 0.3) is 0 Å². The van der Waals surface area contributed by atoms with E-state index < -0.39 is 59.1 Å². The van der Waals surface area contributed by atoms with Gasteiger partial charge in [0, 0.05) is 27.2 Å². The molecule has 0 radical (unpaired) electrons. The molecule has 43 heavy (non-hydrogen) atoms. The average Bonchev–Trinajstić information content (AvgIpc) is 3.21. The number of esters is 4. The number of ether oxygens (including phenoxy) is 4. The Kier molecular flexibility index (Phi) is 9.23. The van der Waals surface area contributed by atoms with E-state index >= 15 is 0 Å². The molecule has 9 heteroatoms. The first-order valence-electron chi connectivity index (χ1n) is 14.7. The minimum Gasteiger partial charge on any atom is -0.508 e. The number of rotatable bonds is 8. The van der Waals surface area contributed by atoms with Gasteiger partial charge in [0.05, 0.1) is 11.0 Å². The Balaban J connectivity index is 1.95. The van der Waals surface area contributed by atoms with Crippen LogP contribution in [0.4, 0.5) is 0 Å². The van der Waals surface area contributed by atoms with Gasteiger partial charge < -0.3 is 24.1 Å². The molecule has 232 valence electrons. The fraction of sp³-hybridized carbons (Fsp3) is 0.529. The van der Waals surface area contributed by atoms with Crippen molar-refractivity contribution in [3.63, 3.8) is 0 Å². The molecule has 1 aromatic rings. The lowest BCUT2D eigenvalue weighted by molar-refractivity contribution is -0.193. The molecular formula is C34H42O9. The van der Waals surface area contributed by atoms with Gasteiger partial charge in [-0.25, -0.2) is 4.79 Å². The van der Waals surface area contributed by atoms with Crippen molar-refractivity contribution in [2.45, 2.75) is 91.6 Å². The summed E-state index contributed by atoms with van der Waals surface area (Å²) >= 11 is 0. The normalized spacial score (nSPS) is 33.3. The van der Waals surface area contributed by atoms with Gasteiger partial charge in [0.25, 0.3) is 0 Å². The van der Waals surface area contributed by atoms with E-state index in [0.717, 1.165) is 5.57 Å². The summed E-state index contributed by atoms with van der Waals surface area (Å²) in [6.45, 7) is 14.1. The largest absolute Gasteiger partial charge is 0.508 e. The van der Waals surface area contributed by atoms with Crippen molar-refractivity contribution >= 4 is 23.9 Å². The highest BCUT2D eigenvalue weighted by molar-refractivity contribution is 5.89. The summed E-state index contributed by atoms with van der Waals surface area (Å²) in [6, 6.07) is 5.80. The second-order valence-corrected chi connectivity index (χ2v) is 12.4. The molecule has 3 aliphatic carbocycles. The van der Waals surface area contributed by atoms with Crippen LogP contribution in [-0.2, 0) is 33.3 Å². The Labute approximate surface area is 252 Å². The van der Waals surface area contributed by atoms with E-state index in [9.17, 15) is 24.3 Å². The van der Waals surface area contributed by atoms with Crippen LogP contribution in [0.2, 0.25) is 0 Å². The third-order valence-electron chi connectivity index (χ3n) is 9.71. The molecule has 8 unspecified atom stereocenters. The second-order valence-electron chi connectivity index (χ2n) is 12.4. The Bertz CT molecular complexity index is 1340. The average molecular weight is 595 g/mol. The van der Waals surface area contributed by atoms with Crippen LogP contribution in [0.1, 0.15) is 77.6 Å². The molecule has 1 N–H and O–H groups in total. The first-order chi connectivity index (χ1) is 20.2. The molecular weight excluding hydrogens is 552 g/mol. The van der Waals surface area contributed by atoms with Crippen molar-refractivity contribution in [2.24, 2.45) is 22.7 Å². The molecule has 0 bridgehead atoms. The van der Waals surface area contributed by atoms with Crippen molar-refractivity contribution in [3.8, 4) is 5.75 Å². The van der Waals surface area contributed by atoms with Gasteiger partial charge in [0.2, 0.25) is 0 Å². The fourth-order valence-electron chi connectivity index (χ4n) is 7.62. The van der Waals surface area contributed by atoms with Gasteiger partial charge in [-0.05, 0) is 79.4 Å². The zero-order chi connectivity index (χ0) is 31.7. The third kappa shape index (κ3) is 6.12. The SMILES string of the molecule is C=CC(C)=CCC1(C)C(C)CC(OC(=O)c2ccc(O)cc2)C23C(=CC(OC(C)=O)CC12)C(OC(C)=O)CC3OC(C)=O. The molecule has 0 amide bonds. The summed E-state index contributed by atoms with van der Waals surface area (Å²) in [5, 5.41) is 9.75. The lowest BCUT2D eigenvalue weighted by Gasteiger charge is -2.61. The van der Waals surface area contributed by atoms with Crippen LogP contribution in [0.15, 0.2) is 60.2 Å².